The Bertz CT molecular complexity index is 1960. The zero-order chi connectivity index (χ0) is 45.5. The maximum atomic E-state index is 12.1. The standard InChI is InChI=1S/C27H38N2O4.C25H34N2O4/c1-4-10-23-20-29(24-11-7-8-12-25(24)33-23)18-9-17-28-22-15-13-21(14-16-22)19-26(31-5-2)27(30)32-6-3;1-3-8-21-18-27(22-9-5-6-10-23(22)31-21)16-7-15-26-20-13-11-19(12-14-20)17-24(25(28)29)30-4-2/h7-8,11-16,23,26,28H,4-6,9-10,17-20H2,1-3H3;5-6,9-14,21,24,26H,3-4,7-8,15-18H2,1-2H3,(H,28,29). The van der Waals surface area contributed by atoms with Crippen LogP contribution in [0, 0.1) is 0 Å². The van der Waals surface area contributed by atoms with E-state index in [1.807, 2.05) is 69.3 Å². The number of ether oxygens (including phenoxy) is 5. The number of carbonyl (C=O) groups excluding carboxylic acids is 1. The zero-order valence-corrected chi connectivity index (χ0v) is 38.8. The third-order valence-corrected chi connectivity index (χ3v) is 11.2. The maximum absolute atomic E-state index is 12.1. The van der Waals surface area contributed by atoms with Gasteiger partial charge in [-0.25, -0.2) is 9.59 Å². The largest absolute Gasteiger partial charge is 0.486 e. The first-order valence-corrected chi connectivity index (χ1v) is 23.5. The summed E-state index contributed by atoms with van der Waals surface area (Å²) in [6.45, 7) is 16.7. The lowest BCUT2D eigenvalue weighted by molar-refractivity contribution is -0.156. The highest BCUT2D eigenvalue weighted by Gasteiger charge is 2.26. The fourth-order valence-corrected chi connectivity index (χ4v) is 8.14. The van der Waals surface area contributed by atoms with E-state index in [0.717, 1.165) is 112 Å². The van der Waals surface area contributed by atoms with Gasteiger partial charge in [-0.3, -0.25) is 0 Å². The van der Waals surface area contributed by atoms with Crippen molar-refractivity contribution < 1.29 is 38.4 Å². The molecule has 3 N–H and O–H groups in total. The van der Waals surface area contributed by atoms with Gasteiger partial charge in [0.25, 0.3) is 0 Å². The smallest absolute Gasteiger partial charge is 0.335 e. The number of para-hydroxylation sites is 4. The van der Waals surface area contributed by atoms with Crippen LogP contribution in [0.25, 0.3) is 0 Å². The molecule has 4 aromatic carbocycles. The molecule has 0 bridgehead atoms. The van der Waals surface area contributed by atoms with Gasteiger partial charge < -0.3 is 49.2 Å². The van der Waals surface area contributed by atoms with E-state index in [2.05, 4.69) is 82.8 Å². The van der Waals surface area contributed by atoms with Crippen LogP contribution in [-0.2, 0) is 36.6 Å². The van der Waals surface area contributed by atoms with Crippen LogP contribution in [0.2, 0.25) is 0 Å². The molecule has 0 amide bonds. The third-order valence-electron chi connectivity index (χ3n) is 11.2. The lowest BCUT2D eigenvalue weighted by Gasteiger charge is -2.36. The molecule has 0 saturated carbocycles. The highest BCUT2D eigenvalue weighted by Crippen LogP contribution is 2.35. The first kappa shape index (κ1) is 49.6. The lowest BCUT2D eigenvalue weighted by atomic mass is 10.1. The number of aliphatic carboxylic acids is 1. The summed E-state index contributed by atoms with van der Waals surface area (Å²) in [4.78, 5) is 28.2. The number of carbonyl (C=O) groups is 2. The Hall–Kier alpha value is -5.46. The van der Waals surface area contributed by atoms with Gasteiger partial charge in [-0.15, -0.1) is 0 Å². The van der Waals surface area contributed by atoms with Gasteiger partial charge in [0.05, 0.1) is 31.1 Å². The summed E-state index contributed by atoms with van der Waals surface area (Å²) in [5.74, 6) is 0.767. The maximum Gasteiger partial charge on any atom is 0.335 e. The molecule has 0 fully saturated rings. The Morgan fingerprint density at radius 1 is 0.625 bits per heavy atom. The summed E-state index contributed by atoms with van der Waals surface area (Å²) in [6.07, 6.45) is 6.51. The van der Waals surface area contributed by atoms with E-state index < -0.39 is 18.2 Å². The van der Waals surface area contributed by atoms with Crippen molar-refractivity contribution in [1.29, 1.82) is 0 Å². The zero-order valence-electron chi connectivity index (χ0n) is 38.8. The van der Waals surface area contributed by atoms with Crippen LogP contribution in [0.5, 0.6) is 11.5 Å². The monoisotopic (exact) mass is 881 g/mol. The molecule has 0 aliphatic carbocycles. The molecule has 12 nitrogen and oxygen atoms in total. The average Bonchev–Trinajstić information content (AvgIpc) is 3.30. The van der Waals surface area contributed by atoms with Crippen LogP contribution < -0.4 is 29.9 Å². The molecule has 4 atom stereocenters. The Morgan fingerprint density at radius 3 is 1.48 bits per heavy atom. The fourth-order valence-electron chi connectivity index (χ4n) is 8.14. The number of nitrogens with one attached hydrogen (secondary N) is 2. The van der Waals surface area contributed by atoms with Crippen LogP contribution in [0.3, 0.4) is 0 Å². The van der Waals surface area contributed by atoms with Crippen LogP contribution in [0.4, 0.5) is 22.7 Å². The first-order chi connectivity index (χ1) is 31.2. The van der Waals surface area contributed by atoms with Gasteiger partial charge in [0.1, 0.15) is 23.7 Å². The summed E-state index contributed by atoms with van der Waals surface area (Å²) >= 11 is 0. The van der Waals surface area contributed by atoms with E-state index in [1.54, 1.807) is 0 Å². The van der Waals surface area contributed by atoms with E-state index in [1.165, 1.54) is 11.4 Å². The second-order valence-electron chi connectivity index (χ2n) is 16.2. The van der Waals surface area contributed by atoms with E-state index in [4.69, 9.17) is 23.7 Å². The molecular formula is C52H72N4O8. The van der Waals surface area contributed by atoms with Crippen molar-refractivity contribution in [2.75, 3.05) is 79.5 Å². The van der Waals surface area contributed by atoms with Gasteiger partial charge in [0.15, 0.2) is 12.2 Å². The van der Waals surface area contributed by atoms with Crippen molar-refractivity contribution in [2.45, 2.75) is 110 Å². The summed E-state index contributed by atoms with van der Waals surface area (Å²) in [7, 11) is 0. The highest BCUT2D eigenvalue weighted by molar-refractivity contribution is 5.75. The van der Waals surface area contributed by atoms with Crippen molar-refractivity contribution >= 4 is 34.7 Å². The van der Waals surface area contributed by atoms with E-state index >= 15 is 0 Å². The summed E-state index contributed by atoms with van der Waals surface area (Å²) in [5, 5.41) is 16.2. The number of carboxylic acids is 1. The van der Waals surface area contributed by atoms with Gasteiger partial charge in [-0.2, -0.15) is 0 Å². The third kappa shape index (κ3) is 15.7. The Morgan fingerprint density at radius 2 is 1.06 bits per heavy atom. The van der Waals surface area contributed by atoms with Gasteiger partial charge in [-0.1, -0.05) is 75.2 Å². The average molecular weight is 881 g/mol. The number of rotatable bonds is 25. The quantitative estimate of drug-likeness (QED) is 0.0433. The molecule has 0 spiro atoms. The number of benzene rings is 4. The molecule has 348 valence electrons. The Kier molecular flexibility index (Phi) is 20.9. The normalized spacial score (nSPS) is 16.1. The van der Waals surface area contributed by atoms with Crippen LogP contribution in [0.1, 0.15) is 84.3 Å². The number of hydrogen-bond donors (Lipinski definition) is 3. The predicted octanol–water partition coefficient (Wildman–Crippen LogP) is 9.66. The van der Waals surface area contributed by atoms with Crippen molar-refractivity contribution in [3.63, 3.8) is 0 Å². The molecule has 12 heteroatoms. The van der Waals surface area contributed by atoms with Gasteiger partial charge in [-0.05, 0) is 106 Å². The summed E-state index contributed by atoms with van der Waals surface area (Å²) in [5.41, 5.74) is 6.51. The number of hydrogen-bond acceptors (Lipinski definition) is 11. The van der Waals surface area contributed by atoms with Gasteiger partial charge >= 0.3 is 11.9 Å². The number of esters is 1. The Balaban J connectivity index is 0.000000241. The highest BCUT2D eigenvalue weighted by atomic mass is 16.6. The molecule has 2 heterocycles. The molecule has 0 radical (unpaired) electrons. The molecule has 4 aromatic rings. The van der Waals surface area contributed by atoms with Gasteiger partial charge in [0.2, 0.25) is 0 Å². The molecular weight excluding hydrogens is 809 g/mol. The molecule has 2 aliphatic rings. The van der Waals surface area contributed by atoms with Crippen LogP contribution in [0.15, 0.2) is 97.1 Å². The number of fused-ring (bicyclic) bond motifs is 2. The van der Waals surface area contributed by atoms with Crippen LogP contribution in [-0.4, -0.2) is 101 Å². The molecule has 0 aromatic heterocycles. The molecule has 4 unspecified atom stereocenters. The number of nitrogens with zero attached hydrogens (tertiary/aromatic N) is 2. The van der Waals surface area contributed by atoms with Crippen LogP contribution >= 0.6 is 0 Å². The molecule has 64 heavy (non-hydrogen) atoms. The fraction of sp³-hybridized carbons (Fsp3) is 0.500. The second-order valence-corrected chi connectivity index (χ2v) is 16.2. The van der Waals surface area contributed by atoms with E-state index in [-0.39, 0.29) is 18.2 Å². The predicted molar refractivity (Wildman–Crippen MR) is 258 cm³/mol. The van der Waals surface area contributed by atoms with Gasteiger partial charge in [0, 0.05) is 63.6 Å². The number of carboxylic acid groups (broad SMARTS) is 1. The molecule has 0 saturated heterocycles. The minimum absolute atomic E-state index is 0.256. The van der Waals surface area contributed by atoms with Crippen molar-refractivity contribution in [1.82, 2.24) is 0 Å². The molecule has 6 rings (SSSR count). The SMILES string of the molecule is CCCC1CN(CCCNc2ccc(CC(OCC)C(=O)O)cc2)c2ccccc2O1.CCCC1CN(CCCNc2ccc(CC(OCC)C(=O)OCC)cc2)c2ccccc2O1. The van der Waals surface area contributed by atoms with Crippen molar-refractivity contribution in [3.8, 4) is 11.5 Å². The van der Waals surface area contributed by atoms with E-state index in [9.17, 15) is 14.7 Å². The number of anilines is 4. The minimum Gasteiger partial charge on any atom is -0.486 e. The summed E-state index contributed by atoms with van der Waals surface area (Å²) in [6, 6.07) is 32.8. The topological polar surface area (TPSA) is 131 Å². The lowest BCUT2D eigenvalue weighted by Crippen LogP contribution is -2.40. The molecule has 2 aliphatic heterocycles. The summed E-state index contributed by atoms with van der Waals surface area (Å²) < 4.78 is 28.3. The second kappa shape index (κ2) is 27.0. The van der Waals surface area contributed by atoms with Crippen molar-refractivity contribution in [2.24, 2.45) is 0 Å². The van der Waals surface area contributed by atoms with E-state index in [0.29, 0.717) is 32.7 Å². The first-order valence-electron chi connectivity index (χ1n) is 23.5. The van der Waals surface area contributed by atoms with Crippen molar-refractivity contribution in [3.05, 3.63) is 108 Å². The Labute approximate surface area is 381 Å². The minimum atomic E-state index is -0.921.